The van der Waals surface area contributed by atoms with Gasteiger partial charge in [-0.2, -0.15) is 0 Å². The summed E-state index contributed by atoms with van der Waals surface area (Å²) in [6.45, 7) is 0. The third-order valence-electron chi connectivity index (χ3n) is 0.521. The molecule has 1 aliphatic heterocycles. The number of thiocarbonyl (C=S) groups is 1. The van der Waals surface area contributed by atoms with Crippen LogP contribution in [0.3, 0.4) is 0 Å². The first-order chi connectivity index (χ1) is 3.39. The van der Waals surface area contributed by atoms with E-state index in [2.05, 4.69) is 28.1 Å². The van der Waals surface area contributed by atoms with E-state index in [4.69, 9.17) is 0 Å². The minimum Gasteiger partial charge on any atom is -0.397 e. The van der Waals surface area contributed by atoms with Gasteiger partial charge in [0, 0.05) is 6.08 Å². The molecule has 0 unspecified atom stereocenters. The van der Waals surface area contributed by atoms with Gasteiger partial charge in [-0.25, -0.2) is 0 Å². The second kappa shape index (κ2) is 1.90. The molecule has 0 bridgehead atoms. The lowest BCUT2D eigenvalue weighted by Gasteiger charge is -2.08. The fraction of sp³-hybridized carbons (Fsp3) is 0. The molecule has 0 aromatic heterocycles. The molecular formula is C3H4N2OS. The van der Waals surface area contributed by atoms with Crippen molar-refractivity contribution in [3.8, 4) is 0 Å². The van der Waals surface area contributed by atoms with E-state index in [1.165, 1.54) is 6.26 Å². The van der Waals surface area contributed by atoms with E-state index in [1.807, 2.05) is 0 Å². The molecule has 38 valence electrons. The summed E-state index contributed by atoms with van der Waals surface area (Å²) in [5.74, 6) is 0. The number of hydrogen-bond acceptors (Lipinski definition) is 3. The molecule has 1 heterocycles. The van der Waals surface area contributed by atoms with Crippen LogP contribution in [0.25, 0.3) is 0 Å². The van der Waals surface area contributed by atoms with Crippen LogP contribution in [0.15, 0.2) is 12.3 Å². The fourth-order valence-electron chi connectivity index (χ4n) is 0.251. The van der Waals surface area contributed by atoms with Gasteiger partial charge in [-0.05, 0) is 0 Å². The van der Waals surface area contributed by atoms with E-state index in [0.717, 1.165) is 0 Å². The second-order valence-corrected chi connectivity index (χ2v) is 1.45. The molecular weight excluding hydrogens is 112 g/mol. The Bertz CT molecular complexity index is 112. The largest absolute Gasteiger partial charge is 0.397 e. The second-order valence-electron chi connectivity index (χ2n) is 1.01. The Kier molecular flexibility index (Phi) is 1.24. The highest BCUT2D eigenvalue weighted by molar-refractivity contribution is 7.80. The first kappa shape index (κ1) is 4.55. The highest BCUT2D eigenvalue weighted by Crippen LogP contribution is 1.80. The van der Waals surface area contributed by atoms with Crippen molar-refractivity contribution in [2.75, 3.05) is 0 Å². The topological polar surface area (TPSA) is 33.3 Å². The van der Waals surface area contributed by atoms with Gasteiger partial charge in [-0.15, -0.1) is 0 Å². The summed E-state index contributed by atoms with van der Waals surface area (Å²) < 4.78 is 0. The van der Waals surface area contributed by atoms with Crippen molar-refractivity contribution in [3.05, 3.63) is 12.3 Å². The van der Waals surface area contributed by atoms with Crippen LogP contribution in [-0.4, -0.2) is 4.99 Å². The Labute approximate surface area is 46.3 Å². The summed E-state index contributed by atoms with van der Waals surface area (Å²) in [4.78, 5) is 5.14. The molecule has 0 aromatic rings. The summed E-state index contributed by atoms with van der Waals surface area (Å²) in [6, 6.07) is 0. The monoisotopic (exact) mass is 116 g/mol. The molecule has 0 saturated carbocycles. The molecule has 1 aliphatic rings. The third kappa shape index (κ3) is 1.13. The zero-order chi connectivity index (χ0) is 5.11. The van der Waals surface area contributed by atoms with Crippen molar-refractivity contribution in [2.24, 2.45) is 0 Å². The van der Waals surface area contributed by atoms with Crippen LogP contribution in [-0.2, 0) is 4.84 Å². The quantitative estimate of drug-likeness (QED) is 0.432. The highest BCUT2D eigenvalue weighted by atomic mass is 32.1. The van der Waals surface area contributed by atoms with Gasteiger partial charge in [0.05, 0.1) is 0 Å². The van der Waals surface area contributed by atoms with Gasteiger partial charge in [0.2, 0.25) is 0 Å². The standard InChI is InChI=1S/C3H4N2OS/c7-3-1-2-6-5-4-3/h1-2,5H,(H,4,7). The normalized spacial score (nSPS) is 18.0. The van der Waals surface area contributed by atoms with Crippen LogP contribution in [0.1, 0.15) is 0 Å². The molecule has 1 rings (SSSR count). The first-order valence-corrected chi connectivity index (χ1v) is 2.17. The van der Waals surface area contributed by atoms with Crippen LogP contribution >= 0.6 is 12.2 Å². The predicted octanol–water partition coefficient (Wildman–Crippen LogP) is -0.133. The molecule has 0 spiro atoms. The van der Waals surface area contributed by atoms with Crippen LogP contribution in [0, 0.1) is 0 Å². The molecule has 2 N–H and O–H groups in total. The van der Waals surface area contributed by atoms with E-state index < -0.39 is 0 Å². The Morgan fingerprint density at radius 3 is 2.86 bits per heavy atom. The number of hydrazine groups is 1. The van der Waals surface area contributed by atoms with Crippen molar-refractivity contribution in [2.45, 2.75) is 0 Å². The van der Waals surface area contributed by atoms with E-state index in [9.17, 15) is 0 Å². The molecule has 4 heteroatoms. The van der Waals surface area contributed by atoms with E-state index in [-0.39, 0.29) is 0 Å². The van der Waals surface area contributed by atoms with Crippen molar-refractivity contribution < 1.29 is 4.84 Å². The van der Waals surface area contributed by atoms with E-state index in [0.29, 0.717) is 4.99 Å². The van der Waals surface area contributed by atoms with Gasteiger partial charge in [-0.1, -0.05) is 17.8 Å². The predicted molar refractivity (Wildman–Crippen MR) is 29.1 cm³/mol. The van der Waals surface area contributed by atoms with Gasteiger partial charge >= 0.3 is 0 Å². The third-order valence-corrected chi connectivity index (χ3v) is 0.759. The SMILES string of the molecule is S=C1C=CONN1. The number of nitrogens with one attached hydrogen (secondary N) is 2. The lowest BCUT2D eigenvalue weighted by atomic mass is 10.6. The van der Waals surface area contributed by atoms with Gasteiger partial charge < -0.3 is 4.84 Å². The molecule has 0 aromatic carbocycles. The lowest BCUT2D eigenvalue weighted by molar-refractivity contribution is 0.110. The first-order valence-electron chi connectivity index (χ1n) is 1.77. The molecule has 7 heavy (non-hydrogen) atoms. The minimum atomic E-state index is 0.631. The maximum atomic E-state index is 4.67. The Morgan fingerprint density at radius 2 is 2.57 bits per heavy atom. The average Bonchev–Trinajstić information content (AvgIpc) is 1.69. The molecule has 0 fully saturated rings. The van der Waals surface area contributed by atoms with Crippen LogP contribution < -0.4 is 11.0 Å². The summed E-state index contributed by atoms with van der Waals surface area (Å²) >= 11 is 4.67. The Morgan fingerprint density at radius 1 is 1.71 bits per heavy atom. The highest BCUT2D eigenvalue weighted by Gasteiger charge is 1.90. The molecule has 0 saturated heterocycles. The Balaban J connectivity index is 2.51. The Hall–Kier alpha value is -0.610. The molecule has 0 radical (unpaired) electrons. The van der Waals surface area contributed by atoms with Crippen molar-refractivity contribution >= 4 is 17.2 Å². The smallest absolute Gasteiger partial charge is 0.119 e. The molecule has 0 atom stereocenters. The lowest BCUT2D eigenvalue weighted by Crippen LogP contribution is -2.36. The van der Waals surface area contributed by atoms with Crippen molar-refractivity contribution in [3.63, 3.8) is 0 Å². The molecule has 0 aliphatic carbocycles. The summed E-state index contributed by atoms with van der Waals surface area (Å²) in [5, 5.41) is 0. The van der Waals surface area contributed by atoms with E-state index >= 15 is 0 Å². The van der Waals surface area contributed by atoms with Gasteiger partial charge in [-0.3, -0.25) is 5.43 Å². The van der Waals surface area contributed by atoms with Crippen LogP contribution in [0.4, 0.5) is 0 Å². The maximum absolute atomic E-state index is 4.67. The average molecular weight is 116 g/mol. The summed E-state index contributed by atoms with van der Waals surface area (Å²) in [6.07, 6.45) is 3.12. The summed E-state index contributed by atoms with van der Waals surface area (Å²) in [7, 11) is 0. The maximum Gasteiger partial charge on any atom is 0.119 e. The van der Waals surface area contributed by atoms with E-state index in [1.54, 1.807) is 6.08 Å². The van der Waals surface area contributed by atoms with Crippen LogP contribution in [0.5, 0.6) is 0 Å². The zero-order valence-electron chi connectivity index (χ0n) is 3.47. The fourth-order valence-corrected chi connectivity index (χ4v) is 0.348. The van der Waals surface area contributed by atoms with Crippen molar-refractivity contribution in [1.29, 1.82) is 0 Å². The zero-order valence-corrected chi connectivity index (χ0v) is 4.29. The van der Waals surface area contributed by atoms with Gasteiger partial charge in [0.15, 0.2) is 0 Å². The minimum absolute atomic E-state index is 0.631. The van der Waals surface area contributed by atoms with Gasteiger partial charge in [0.1, 0.15) is 11.3 Å². The number of rotatable bonds is 0. The molecule has 0 amide bonds. The van der Waals surface area contributed by atoms with Gasteiger partial charge in [0.25, 0.3) is 0 Å². The van der Waals surface area contributed by atoms with Crippen LogP contribution in [0.2, 0.25) is 0 Å². The van der Waals surface area contributed by atoms with Crippen molar-refractivity contribution in [1.82, 2.24) is 11.0 Å². The summed E-state index contributed by atoms with van der Waals surface area (Å²) in [5.41, 5.74) is 4.91. The molecule has 3 nitrogen and oxygen atoms in total. The number of hydrogen-bond donors (Lipinski definition) is 2.